The van der Waals surface area contributed by atoms with E-state index in [4.69, 9.17) is 0 Å². The van der Waals surface area contributed by atoms with Crippen LogP contribution in [0.15, 0.2) is 18.2 Å². The number of hydrogen-bond acceptors (Lipinski definition) is 1. The van der Waals surface area contributed by atoms with Gasteiger partial charge in [0.2, 0.25) is 0 Å². The van der Waals surface area contributed by atoms with Crippen LogP contribution in [0, 0.1) is 5.41 Å². The average molecular weight is 350 g/mol. The average Bonchev–Trinajstić information content (AvgIpc) is 2.37. The molecule has 1 aromatic rings. The lowest BCUT2D eigenvalue weighted by atomic mass is 9.82. The zero-order valence-corrected chi connectivity index (χ0v) is 13.3. The molecule has 112 valence electrons. The summed E-state index contributed by atoms with van der Waals surface area (Å²) in [5.74, 6) is 0. The van der Waals surface area contributed by atoms with Gasteiger partial charge in [0.1, 0.15) is 0 Å². The molecular weight excluding hydrogens is 331 g/mol. The summed E-state index contributed by atoms with van der Waals surface area (Å²) in [6, 6.07) is 4.63. The fourth-order valence-electron chi connectivity index (χ4n) is 2.52. The smallest absolute Gasteiger partial charge is 0.371 e. The topological polar surface area (TPSA) is 3.24 Å². The van der Waals surface area contributed by atoms with Crippen molar-refractivity contribution in [1.29, 1.82) is 0 Å². The second-order valence-corrected chi connectivity index (χ2v) is 6.69. The van der Waals surface area contributed by atoms with E-state index in [1.165, 1.54) is 6.07 Å². The summed E-state index contributed by atoms with van der Waals surface area (Å²) in [7, 11) is 0. The Labute approximate surface area is 126 Å². The molecule has 1 saturated heterocycles. The maximum atomic E-state index is 13.2. The molecule has 0 saturated carbocycles. The van der Waals surface area contributed by atoms with Gasteiger partial charge in [-0.1, -0.05) is 35.8 Å². The minimum atomic E-state index is -4.31. The van der Waals surface area contributed by atoms with Crippen molar-refractivity contribution in [3.8, 4) is 0 Å². The third-order valence-corrected chi connectivity index (χ3v) is 4.63. The Bertz CT molecular complexity index is 472. The standard InChI is InChI=1S/C15H19BrF3N/c1-14(2)5-7-20(8-6-14)13-4-3-11(10-16)9-12(13)15(17,18)19/h3-4,9H,5-8,10H2,1-2H3. The maximum Gasteiger partial charge on any atom is 0.418 e. The van der Waals surface area contributed by atoms with Crippen LogP contribution in [0.3, 0.4) is 0 Å². The molecule has 0 aliphatic carbocycles. The zero-order chi connectivity index (χ0) is 15.0. The van der Waals surface area contributed by atoms with Crippen LogP contribution in [0.1, 0.15) is 37.8 Å². The number of benzene rings is 1. The Balaban J connectivity index is 2.32. The number of anilines is 1. The van der Waals surface area contributed by atoms with Gasteiger partial charge in [-0.25, -0.2) is 0 Å². The zero-order valence-electron chi connectivity index (χ0n) is 11.7. The largest absolute Gasteiger partial charge is 0.418 e. The molecule has 0 unspecified atom stereocenters. The highest BCUT2D eigenvalue weighted by molar-refractivity contribution is 9.08. The molecule has 0 radical (unpaired) electrons. The predicted molar refractivity (Wildman–Crippen MR) is 79.3 cm³/mol. The molecule has 1 heterocycles. The van der Waals surface area contributed by atoms with Gasteiger partial charge in [-0.2, -0.15) is 13.2 Å². The van der Waals surface area contributed by atoms with Gasteiger partial charge in [0.25, 0.3) is 0 Å². The summed E-state index contributed by atoms with van der Waals surface area (Å²) >= 11 is 3.21. The van der Waals surface area contributed by atoms with Crippen molar-refractivity contribution >= 4 is 21.6 Å². The van der Waals surface area contributed by atoms with Crippen molar-refractivity contribution in [1.82, 2.24) is 0 Å². The van der Waals surface area contributed by atoms with Crippen molar-refractivity contribution in [2.75, 3.05) is 18.0 Å². The summed E-state index contributed by atoms with van der Waals surface area (Å²) in [6.07, 6.45) is -2.46. The Hall–Kier alpha value is -0.710. The first-order valence-electron chi connectivity index (χ1n) is 6.74. The third-order valence-electron chi connectivity index (χ3n) is 3.98. The summed E-state index contributed by atoms with van der Waals surface area (Å²) < 4.78 is 39.7. The molecule has 0 bridgehead atoms. The minimum absolute atomic E-state index is 0.227. The second kappa shape index (κ2) is 5.58. The van der Waals surface area contributed by atoms with E-state index >= 15 is 0 Å². The number of nitrogens with zero attached hydrogens (tertiary/aromatic N) is 1. The number of halogens is 4. The van der Waals surface area contributed by atoms with E-state index in [1.54, 1.807) is 12.1 Å². The van der Waals surface area contributed by atoms with Crippen molar-refractivity contribution < 1.29 is 13.2 Å². The normalized spacial score (nSPS) is 19.2. The SMILES string of the molecule is CC1(C)CCN(c2ccc(CBr)cc2C(F)(F)F)CC1. The molecule has 1 aliphatic heterocycles. The minimum Gasteiger partial charge on any atom is -0.371 e. The van der Waals surface area contributed by atoms with Crippen molar-refractivity contribution in [3.05, 3.63) is 29.3 Å². The molecule has 0 atom stereocenters. The lowest BCUT2D eigenvalue weighted by Crippen LogP contribution is -2.38. The molecule has 5 heteroatoms. The summed E-state index contributed by atoms with van der Waals surface area (Å²) in [5, 5.41) is 0.434. The van der Waals surface area contributed by atoms with E-state index in [9.17, 15) is 13.2 Å². The molecule has 0 amide bonds. The van der Waals surface area contributed by atoms with Crippen LogP contribution in [0.4, 0.5) is 18.9 Å². The van der Waals surface area contributed by atoms with Gasteiger partial charge in [0.05, 0.1) is 5.56 Å². The third kappa shape index (κ3) is 3.48. The molecule has 0 aromatic heterocycles. The van der Waals surface area contributed by atoms with Crippen LogP contribution in [-0.2, 0) is 11.5 Å². The van der Waals surface area contributed by atoms with Crippen LogP contribution in [0.5, 0.6) is 0 Å². The quantitative estimate of drug-likeness (QED) is 0.661. The van der Waals surface area contributed by atoms with Crippen molar-refractivity contribution in [2.45, 2.75) is 38.2 Å². The highest BCUT2D eigenvalue weighted by atomic mass is 79.9. The van der Waals surface area contributed by atoms with E-state index in [-0.39, 0.29) is 5.41 Å². The van der Waals surface area contributed by atoms with E-state index in [0.717, 1.165) is 12.8 Å². The predicted octanol–water partition coefficient (Wildman–Crippen LogP) is 5.23. The van der Waals surface area contributed by atoms with Crippen molar-refractivity contribution in [2.24, 2.45) is 5.41 Å². The van der Waals surface area contributed by atoms with Crippen molar-refractivity contribution in [3.63, 3.8) is 0 Å². The molecule has 2 rings (SSSR count). The first-order chi connectivity index (χ1) is 9.23. The van der Waals surface area contributed by atoms with E-state index in [1.807, 2.05) is 4.90 Å². The Morgan fingerprint density at radius 1 is 1.20 bits per heavy atom. The monoisotopic (exact) mass is 349 g/mol. The van der Waals surface area contributed by atoms with Gasteiger partial charge in [-0.15, -0.1) is 0 Å². The molecule has 1 nitrogen and oxygen atoms in total. The summed E-state index contributed by atoms with van der Waals surface area (Å²) in [4.78, 5) is 1.87. The van der Waals surface area contributed by atoms with Crippen LogP contribution in [0.2, 0.25) is 0 Å². The lowest BCUT2D eigenvalue weighted by Gasteiger charge is -2.39. The van der Waals surface area contributed by atoms with E-state index in [0.29, 0.717) is 29.7 Å². The van der Waals surface area contributed by atoms with Crippen LogP contribution in [0.25, 0.3) is 0 Å². The van der Waals surface area contributed by atoms with Gasteiger partial charge < -0.3 is 4.90 Å². The van der Waals surface area contributed by atoms with E-state index in [2.05, 4.69) is 29.8 Å². The van der Waals surface area contributed by atoms with Gasteiger partial charge in [-0.3, -0.25) is 0 Å². The molecule has 20 heavy (non-hydrogen) atoms. The van der Waals surface area contributed by atoms with Gasteiger partial charge in [0, 0.05) is 24.1 Å². The molecular formula is C15H19BrF3N. The molecule has 1 aromatic carbocycles. The Morgan fingerprint density at radius 3 is 2.30 bits per heavy atom. The van der Waals surface area contributed by atoms with Gasteiger partial charge in [0.15, 0.2) is 0 Å². The highest BCUT2D eigenvalue weighted by Crippen LogP contribution is 2.40. The van der Waals surface area contributed by atoms with Crippen LogP contribution < -0.4 is 4.90 Å². The molecule has 0 N–H and O–H groups in total. The fraction of sp³-hybridized carbons (Fsp3) is 0.600. The highest BCUT2D eigenvalue weighted by Gasteiger charge is 2.36. The first-order valence-corrected chi connectivity index (χ1v) is 7.86. The molecule has 0 spiro atoms. The summed E-state index contributed by atoms with van der Waals surface area (Å²) in [5.41, 5.74) is 0.676. The summed E-state index contributed by atoms with van der Waals surface area (Å²) in [6.45, 7) is 5.71. The van der Waals surface area contributed by atoms with Crippen LogP contribution >= 0.6 is 15.9 Å². The second-order valence-electron chi connectivity index (χ2n) is 6.13. The fourth-order valence-corrected chi connectivity index (χ4v) is 2.87. The van der Waals surface area contributed by atoms with E-state index < -0.39 is 11.7 Å². The number of hydrogen-bond donors (Lipinski definition) is 0. The number of piperidine rings is 1. The Kier molecular flexibility index (Phi) is 4.38. The van der Waals surface area contributed by atoms with Crippen LogP contribution in [-0.4, -0.2) is 13.1 Å². The lowest BCUT2D eigenvalue weighted by molar-refractivity contribution is -0.137. The first kappa shape index (κ1) is 15.7. The number of alkyl halides is 4. The maximum absolute atomic E-state index is 13.2. The number of rotatable bonds is 2. The Morgan fingerprint density at radius 2 is 1.80 bits per heavy atom. The van der Waals surface area contributed by atoms with Gasteiger partial charge in [-0.05, 0) is 36.0 Å². The molecule has 1 fully saturated rings. The molecule has 1 aliphatic rings. The van der Waals surface area contributed by atoms with Gasteiger partial charge >= 0.3 is 6.18 Å².